The third-order valence-corrected chi connectivity index (χ3v) is 2.30. The van der Waals surface area contributed by atoms with Crippen molar-refractivity contribution in [1.82, 2.24) is 4.98 Å². The van der Waals surface area contributed by atoms with Gasteiger partial charge in [0.15, 0.2) is 0 Å². The fraction of sp³-hybridized carbons (Fsp3) is 0. The lowest BCUT2D eigenvalue weighted by Crippen LogP contribution is -1.90. The van der Waals surface area contributed by atoms with Gasteiger partial charge in [-0.2, -0.15) is 0 Å². The number of thiol groups is 1. The van der Waals surface area contributed by atoms with Gasteiger partial charge in [-0.15, -0.1) is 0 Å². The molecule has 0 atom stereocenters. The summed E-state index contributed by atoms with van der Waals surface area (Å²) < 4.78 is 0. The topological polar surface area (TPSA) is 76.0 Å². The Labute approximate surface area is 89.7 Å². The molecule has 0 spiro atoms. The Bertz CT molecular complexity index is 561. The third kappa shape index (κ3) is 1.59. The fourth-order valence-electron chi connectivity index (χ4n) is 1.41. The molecule has 0 bridgehead atoms. The predicted molar refractivity (Wildman–Crippen MR) is 58.3 cm³/mol. The quantitative estimate of drug-likeness (QED) is 0.464. The number of aromatic nitrogens is 1. The van der Waals surface area contributed by atoms with Crippen LogP contribution in [-0.2, 0) is 0 Å². The Morgan fingerprint density at radius 3 is 2.80 bits per heavy atom. The smallest absolute Gasteiger partial charge is 0.293 e. The van der Waals surface area contributed by atoms with Crippen molar-refractivity contribution in [2.45, 2.75) is 0 Å². The molecule has 5 nitrogen and oxygen atoms in total. The molecule has 1 heterocycles. The maximum absolute atomic E-state index is 11.0. The summed E-state index contributed by atoms with van der Waals surface area (Å²) in [6.07, 6.45) is 0. The van der Waals surface area contributed by atoms with Gasteiger partial charge in [-0.1, -0.05) is 24.8 Å². The van der Waals surface area contributed by atoms with Crippen LogP contribution >= 0.6 is 12.6 Å². The number of nitrogens with one attached hydrogen (secondary N) is 1. The van der Waals surface area contributed by atoms with Crippen LogP contribution < -0.4 is 0 Å². The van der Waals surface area contributed by atoms with E-state index in [-0.39, 0.29) is 11.4 Å². The Morgan fingerprint density at radius 1 is 1.47 bits per heavy atom. The average Bonchev–Trinajstić information content (AvgIpc) is 2.60. The summed E-state index contributed by atoms with van der Waals surface area (Å²) in [5.41, 5.74) is 0.552. The molecule has 0 aliphatic rings. The van der Waals surface area contributed by atoms with Crippen molar-refractivity contribution >= 4 is 34.3 Å². The first-order chi connectivity index (χ1) is 7.09. The van der Waals surface area contributed by atoms with Crippen LogP contribution in [0.2, 0.25) is 0 Å². The number of H-pyrrole nitrogens is 1. The van der Waals surface area contributed by atoms with E-state index >= 15 is 0 Å². The minimum Gasteiger partial charge on any atom is -0.346 e. The van der Waals surface area contributed by atoms with Crippen LogP contribution in [-0.4, -0.2) is 15.0 Å². The summed E-state index contributed by atoms with van der Waals surface area (Å²) in [5, 5.41) is 10.9. The summed E-state index contributed by atoms with van der Waals surface area (Å²) in [6, 6.07) is 6.18. The zero-order valence-electron chi connectivity index (χ0n) is 7.43. The molecule has 0 saturated heterocycles. The third-order valence-electron chi connectivity index (χ3n) is 2.06. The monoisotopic (exact) mass is 222 g/mol. The van der Waals surface area contributed by atoms with Crippen molar-refractivity contribution in [3.8, 4) is 0 Å². The maximum Gasteiger partial charge on any atom is 0.293 e. The van der Waals surface area contributed by atoms with Crippen LogP contribution in [0.4, 0.5) is 5.69 Å². The maximum atomic E-state index is 11.0. The van der Waals surface area contributed by atoms with E-state index in [2.05, 4.69) is 17.6 Å². The summed E-state index contributed by atoms with van der Waals surface area (Å²) in [5.74, 6) is 0. The van der Waals surface area contributed by atoms with Crippen molar-refractivity contribution in [2.24, 2.45) is 0 Å². The van der Waals surface area contributed by atoms with Gasteiger partial charge in [0.2, 0.25) is 5.12 Å². The Morgan fingerprint density at radius 2 is 2.20 bits per heavy atom. The minimum atomic E-state index is -0.494. The van der Waals surface area contributed by atoms with E-state index in [9.17, 15) is 14.9 Å². The molecule has 0 saturated carbocycles. The number of fused-ring (bicyclic) bond motifs is 1. The minimum absolute atomic E-state index is 0.0478. The van der Waals surface area contributed by atoms with E-state index in [0.29, 0.717) is 10.9 Å². The Balaban J connectivity index is 2.75. The molecule has 1 N–H and O–H groups in total. The van der Waals surface area contributed by atoms with E-state index in [1.165, 1.54) is 12.1 Å². The highest BCUT2D eigenvalue weighted by atomic mass is 32.1. The number of rotatable bonds is 2. The predicted octanol–water partition coefficient (Wildman–Crippen LogP) is 2.15. The van der Waals surface area contributed by atoms with Crippen molar-refractivity contribution in [1.29, 1.82) is 0 Å². The SMILES string of the molecule is O=C(S)c1cc2cccc([N+](=O)[O-])c2[nH]1. The molecule has 0 fully saturated rings. The van der Waals surface area contributed by atoms with Crippen molar-refractivity contribution in [3.63, 3.8) is 0 Å². The number of carbonyl (C=O) groups excluding carboxylic acids is 1. The lowest BCUT2D eigenvalue weighted by molar-refractivity contribution is -0.383. The van der Waals surface area contributed by atoms with Gasteiger partial charge < -0.3 is 4.98 Å². The number of hydrogen-bond acceptors (Lipinski definition) is 3. The van der Waals surface area contributed by atoms with Crippen LogP contribution in [0.1, 0.15) is 10.5 Å². The number of nitrogens with zero attached hydrogens (tertiary/aromatic N) is 1. The first-order valence-corrected chi connectivity index (χ1v) is 4.54. The molecule has 15 heavy (non-hydrogen) atoms. The molecule has 2 aromatic rings. The molecule has 76 valence electrons. The van der Waals surface area contributed by atoms with Crippen LogP contribution in [0.5, 0.6) is 0 Å². The normalized spacial score (nSPS) is 10.5. The molecular weight excluding hydrogens is 216 g/mol. The van der Waals surface area contributed by atoms with Gasteiger partial charge in [0.25, 0.3) is 5.69 Å². The number of aromatic amines is 1. The summed E-state index contributed by atoms with van der Waals surface area (Å²) in [4.78, 5) is 23.8. The molecule has 0 aliphatic heterocycles. The number of nitro benzene ring substituents is 1. The number of para-hydroxylation sites is 1. The van der Waals surface area contributed by atoms with Gasteiger partial charge in [-0.25, -0.2) is 0 Å². The molecule has 0 radical (unpaired) electrons. The van der Waals surface area contributed by atoms with E-state index < -0.39 is 10.0 Å². The second-order valence-corrected chi connectivity index (χ2v) is 3.39. The average molecular weight is 222 g/mol. The molecule has 0 unspecified atom stereocenters. The molecule has 0 amide bonds. The van der Waals surface area contributed by atoms with Crippen LogP contribution in [0.25, 0.3) is 10.9 Å². The Hall–Kier alpha value is -1.82. The fourth-order valence-corrected chi connectivity index (χ4v) is 1.53. The van der Waals surface area contributed by atoms with Crippen LogP contribution in [0.15, 0.2) is 24.3 Å². The van der Waals surface area contributed by atoms with Crippen molar-refractivity contribution in [3.05, 3.63) is 40.1 Å². The van der Waals surface area contributed by atoms with E-state index in [0.717, 1.165) is 0 Å². The number of carbonyl (C=O) groups is 1. The second-order valence-electron chi connectivity index (χ2n) is 2.99. The highest BCUT2D eigenvalue weighted by Gasteiger charge is 2.15. The number of benzene rings is 1. The molecule has 6 heteroatoms. The lowest BCUT2D eigenvalue weighted by atomic mass is 10.2. The van der Waals surface area contributed by atoms with Crippen LogP contribution in [0, 0.1) is 10.1 Å². The molecular formula is C9H6N2O3S. The van der Waals surface area contributed by atoms with Crippen LogP contribution in [0.3, 0.4) is 0 Å². The summed E-state index contributed by atoms with van der Waals surface area (Å²) >= 11 is 3.64. The highest BCUT2D eigenvalue weighted by molar-refractivity contribution is 7.97. The number of non-ortho nitro benzene ring substituents is 1. The number of hydrogen-bond donors (Lipinski definition) is 2. The van der Waals surface area contributed by atoms with Gasteiger partial charge in [-0.05, 0) is 6.07 Å². The zero-order chi connectivity index (χ0) is 11.0. The van der Waals surface area contributed by atoms with Crippen molar-refractivity contribution in [2.75, 3.05) is 0 Å². The first kappa shape index (κ1) is 9.72. The standard InChI is InChI=1S/C9H6N2O3S/c12-9(15)6-4-5-2-1-3-7(11(13)14)8(5)10-6/h1-4,10H,(H,12,15). The molecule has 1 aromatic heterocycles. The zero-order valence-corrected chi connectivity index (χ0v) is 8.32. The summed E-state index contributed by atoms with van der Waals surface area (Å²) in [6.45, 7) is 0. The van der Waals surface area contributed by atoms with Gasteiger partial charge in [-0.3, -0.25) is 14.9 Å². The first-order valence-electron chi connectivity index (χ1n) is 4.09. The van der Waals surface area contributed by atoms with E-state index in [1.54, 1.807) is 12.1 Å². The lowest BCUT2D eigenvalue weighted by Gasteiger charge is -1.92. The van der Waals surface area contributed by atoms with Gasteiger partial charge >= 0.3 is 0 Å². The largest absolute Gasteiger partial charge is 0.346 e. The van der Waals surface area contributed by atoms with Gasteiger partial charge in [0.05, 0.1) is 10.6 Å². The van der Waals surface area contributed by atoms with Gasteiger partial charge in [0, 0.05) is 11.5 Å². The van der Waals surface area contributed by atoms with Gasteiger partial charge in [0.1, 0.15) is 5.52 Å². The second kappa shape index (κ2) is 3.39. The van der Waals surface area contributed by atoms with E-state index in [4.69, 9.17) is 0 Å². The van der Waals surface area contributed by atoms with Crippen molar-refractivity contribution < 1.29 is 9.72 Å². The van der Waals surface area contributed by atoms with E-state index in [1.807, 2.05) is 0 Å². The molecule has 2 rings (SSSR count). The molecule has 0 aliphatic carbocycles. The highest BCUT2D eigenvalue weighted by Crippen LogP contribution is 2.25. The Kier molecular flexibility index (Phi) is 2.20. The molecule has 1 aromatic carbocycles. The summed E-state index contributed by atoms with van der Waals surface area (Å²) in [7, 11) is 0. The number of nitro groups is 1.